The minimum atomic E-state index is -0.461. The number of nitro groups is 1. The lowest BCUT2D eigenvalue weighted by Gasteiger charge is -2.11. The number of furan rings is 1. The van der Waals surface area contributed by atoms with Gasteiger partial charge in [0.05, 0.1) is 16.7 Å². The molecule has 0 aliphatic rings. The van der Waals surface area contributed by atoms with Gasteiger partial charge in [-0.15, -0.1) is 0 Å². The van der Waals surface area contributed by atoms with Crippen molar-refractivity contribution in [3.8, 4) is 17.1 Å². The SMILES string of the molecule is Cc1ccc([N+](=O)[O-])cc1-c1ccc(/C=N/NC(=O)c2ccccc2OCc2ccccc2Cl)o1. The predicted molar refractivity (Wildman–Crippen MR) is 133 cm³/mol. The van der Waals surface area contributed by atoms with Crippen LogP contribution < -0.4 is 10.2 Å². The number of hydrogen-bond acceptors (Lipinski definition) is 6. The highest BCUT2D eigenvalue weighted by Crippen LogP contribution is 2.29. The van der Waals surface area contributed by atoms with Crippen molar-refractivity contribution in [2.75, 3.05) is 0 Å². The highest BCUT2D eigenvalue weighted by atomic mass is 35.5. The van der Waals surface area contributed by atoms with Crippen LogP contribution in [0.2, 0.25) is 5.02 Å². The van der Waals surface area contributed by atoms with E-state index in [2.05, 4.69) is 10.5 Å². The van der Waals surface area contributed by atoms with Gasteiger partial charge in [-0.3, -0.25) is 14.9 Å². The van der Waals surface area contributed by atoms with Gasteiger partial charge in [0.2, 0.25) is 0 Å². The van der Waals surface area contributed by atoms with Crippen LogP contribution in [0.4, 0.5) is 5.69 Å². The number of nitrogens with zero attached hydrogens (tertiary/aromatic N) is 2. The lowest BCUT2D eigenvalue weighted by molar-refractivity contribution is -0.384. The Hall–Kier alpha value is -4.43. The van der Waals surface area contributed by atoms with Gasteiger partial charge in [0.25, 0.3) is 11.6 Å². The molecule has 3 aromatic carbocycles. The van der Waals surface area contributed by atoms with Gasteiger partial charge < -0.3 is 9.15 Å². The second kappa shape index (κ2) is 10.7. The Bertz CT molecular complexity index is 1410. The van der Waals surface area contributed by atoms with E-state index in [4.69, 9.17) is 20.8 Å². The zero-order valence-corrected chi connectivity index (χ0v) is 19.4. The molecule has 0 bridgehead atoms. The number of hydrogen-bond donors (Lipinski definition) is 1. The fraction of sp³-hybridized carbons (Fsp3) is 0.0769. The van der Waals surface area contributed by atoms with Crippen LogP contribution in [0.15, 0.2) is 88.4 Å². The van der Waals surface area contributed by atoms with E-state index < -0.39 is 10.8 Å². The fourth-order valence-electron chi connectivity index (χ4n) is 3.32. The molecule has 1 N–H and O–H groups in total. The summed E-state index contributed by atoms with van der Waals surface area (Å²) in [5.41, 5.74) is 4.97. The molecule has 4 aromatic rings. The van der Waals surface area contributed by atoms with E-state index in [9.17, 15) is 14.9 Å². The van der Waals surface area contributed by atoms with E-state index in [-0.39, 0.29) is 12.3 Å². The molecule has 0 unspecified atom stereocenters. The number of amides is 1. The minimum absolute atomic E-state index is 0.0279. The van der Waals surface area contributed by atoms with Gasteiger partial charge in [-0.05, 0) is 42.8 Å². The summed E-state index contributed by atoms with van der Waals surface area (Å²) < 4.78 is 11.6. The summed E-state index contributed by atoms with van der Waals surface area (Å²) in [6, 6.07) is 22.0. The first-order chi connectivity index (χ1) is 16.9. The standard InChI is InChI=1S/C26H20ClN3O5/c1-17-10-11-19(30(32)33)14-22(17)25-13-12-20(35-25)15-28-29-26(31)21-7-3-5-9-24(21)34-16-18-6-2-4-8-23(18)27/h2-15H,16H2,1H3,(H,29,31)/b28-15+. The normalized spacial score (nSPS) is 10.9. The van der Waals surface area contributed by atoms with Crippen molar-refractivity contribution < 1.29 is 18.9 Å². The molecular weight excluding hydrogens is 470 g/mol. The van der Waals surface area contributed by atoms with Gasteiger partial charge in [-0.25, -0.2) is 5.43 Å². The quantitative estimate of drug-likeness (QED) is 0.181. The highest BCUT2D eigenvalue weighted by molar-refractivity contribution is 6.31. The lowest BCUT2D eigenvalue weighted by atomic mass is 10.1. The average Bonchev–Trinajstić information content (AvgIpc) is 3.32. The minimum Gasteiger partial charge on any atom is -0.488 e. The Morgan fingerprint density at radius 2 is 1.89 bits per heavy atom. The Kier molecular flexibility index (Phi) is 7.23. The van der Waals surface area contributed by atoms with E-state index in [1.54, 1.807) is 48.5 Å². The molecule has 0 spiro atoms. The van der Waals surface area contributed by atoms with Gasteiger partial charge in [-0.2, -0.15) is 5.10 Å². The summed E-state index contributed by atoms with van der Waals surface area (Å²) >= 11 is 6.17. The summed E-state index contributed by atoms with van der Waals surface area (Å²) in [6.07, 6.45) is 1.35. The van der Waals surface area contributed by atoms with Gasteiger partial charge in [0.15, 0.2) is 0 Å². The van der Waals surface area contributed by atoms with Crippen molar-refractivity contribution in [2.45, 2.75) is 13.5 Å². The molecule has 0 saturated heterocycles. The third kappa shape index (κ3) is 5.74. The number of carbonyl (C=O) groups excluding carboxylic acids is 1. The first-order valence-corrected chi connectivity index (χ1v) is 10.9. The van der Waals surface area contributed by atoms with Crippen LogP contribution >= 0.6 is 11.6 Å². The molecule has 35 heavy (non-hydrogen) atoms. The van der Waals surface area contributed by atoms with Gasteiger partial charge in [0.1, 0.15) is 23.9 Å². The van der Waals surface area contributed by atoms with Crippen LogP contribution in [-0.4, -0.2) is 17.0 Å². The maximum atomic E-state index is 12.7. The van der Waals surface area contributed by atoms with Gasteiger partial charge in [-0.1, -0.05) is 48.0 Å². The first-order valence-electron chi connectivity index (χ1n) is 10.6. The number of nitrogens with one attached hydrogen (secondary N) is 1. The molecule has 0 atom stereocenters. The van der Waals surface area contributed by atoms with E-state index >= 15 is 0 Å². The molecule has 1 heterocycles. The third-order valence-corrected chi connectivity index (χ3v) is 5.52. The number of ether oxygens (including phenoxy) is 1. The van der Waals surface area contributed by atoms with Crippen LogP contribution in [0, 0.1) is 17.0 Å². The van der Waals surface area contributed by atoms with Gasteiger partial charge >= 0.3 is 0 Å². The summed E-state index contributed by atoms with van der Waals surface area (Å²) in [5.74, 6) is 0.755. The number of para-hydroxylation sites is 1. The summed E-state index contributed by atoms with van der Waals surface area (Å²) in [5, 5.41) is 15.6. The number of aryl methyl sites for hydroxylation is 1. The van der Waals surface area contributed by atoms with Crippen molar-refractivity contribution in [3.05, 3.63) is 116 Å². The van der Waals surface area contributed by atoms with Crippen LogP contribution in [0.3, 0.4) is 0 Å². The van der Waals surface area contributed by atoms with E-state index in [1.807, 2.05) is 25.1 Å². The van der Waals surface area contributed by atoms with E-state index in [0.29, 0.717) is 33.4 Å². The molecule has 0 fully saturated rings. The molecule has 176 valence electrons. The molecule has 1 aromatic heterocycles. The molecule has 1 amide bonds. The van der Waals surface area contributed by atoms with Crippen molar-refractivity contribution in [2.24, 2.45) is 5.10 Å². The number of rotatable bonds is 8. The van der Waals surface area contributed by atoms with Crippen LogP contribution in [-0.2, 0) is 6.61 Å². The molecule has 0 radical (unpaired) electrons. The Morgan fingerprint density at radius 1 is 1.11 bits per heavy atom. The van der Waals surface area contributed by atoms with Crippen LogP contribution in [0.1, 0.15) is 27.2 Å². The first kappa shape index (κ1) is 23.7. The number of carbonyl (C=O) groups is 1. The van der Waals surface area contributed by atoms with E-state index in [1.165, 1.54) is 18.3 Å². The monoisotopic (exact) mass is 489 g/mol. The molecular formula is C26H20ClN3O5. The van der Waals surface area contributed by atoms with E-state index in [0.717, 1.165) is 11.1 Å². The third-order valence-electron chi connectivity index (χ3n) is 5.15. The lowest BCUT2D eigenvalue weighted by Crippen LogP contribution is -2.18. The Balaban J connectivity index is 1.43. The maximum absolute atomic E-state index is 12.7. The number of hydrazone groups is 1. The van der Waals surface area contributed by atoms with Crippen molar-refractivity contribution in [1.82, 2.24) is 5.43 Å². The van der Waals surface area contributed by atoms with Crippen molar-refractivity contribution in [1.29, 1.82) is 0 Å². The Morgan fingerprint density at radius 3 is 2.69 bits per heavy atom. The summed E-state index contributed by atoms with van der Waals surface area (Å²) in [4.78, 5) is 23.3. The summed E-state index contributed by atoms with van der Waals surface area (Å²) in [6.45, 7) is 2.04. The van der Waals surface area contributed by atoms with Gasteiger partial charge in [0, 0.05) is 28.3 Å². The number of nitro benzene ring substituents is 1. The largest absolute Gasteiger partial charge is 0.488 e. The second-order valence-electron chi connectivity index (χ2n) is 7.53. The molecule has 9 heteroatoms. The zero-order valence-electron chi connectivity index (χ0n) is 18.6. The second-order valence-corrected chi connectivity index (χ2v) is 7.94. The molecule has 0 aliphatic heterocycles. The zero-order chi connectivity index (χ0) is 24.8. The summed E-state index contributed by atoms with van der Waals surface area (Å²) in [7, 11) is 0. The topological polar surface area (TPSA) is 107 Å². The van der Waals surface area contributed by atoms with Crippen molar-refractivity contribution in [3.63, 3.8) is 0 Å². The molecule has 0 saturated carbocycles. The number of benzene rings is 3. The number of non-ortho nitro benzene ring substituents is 1. The molecule has 8 nitrogen and oxygen atoms in total. The van der Waals surface area contributed by atoms with Crippen molar-refractivity contribution >= 4 is 29.4 Å². The van der Waals surface area contributed by atoms with Crippen LogP contribution in [0.5, 0.6) is 5.75 Å². The maximum Gasteiger partial charge on any atom is 0.275 e. The highest BCUT2D eigenvalue weighted by Gasteiger charge is 2.14. The number of halogens is 1. The smallest absolute Gasteiger partial charge is 0.275 e. The molecule has 0 aliphatic carbocycles. The fourth-order valence-corrected chi connectivity index (χ4v) is 3.51. The van der Waals surface area contributed by atoms with Crippen LogP contribution in [0.25, 0.3) is 11.3 Å². The average molecular weight is 490 g/mol. The Labute approximate surface area is 206 Å². The molecule has 4 rings (SSSR count). The predicted octanol–water partition coefficient (Wildman–Crippen LogP) is 6.16.